The number of thioether (sulfide) groups is 1. The summed E-state index contributed by atoms with van der Waals surface area (Å²) in [5, 5.41) is 36.5. The van der Waals surface area contributed by atoms with E-state index in [1.807, 2.05) is 0 Å². The molecule has 0 aliphatic carbocycles. The van der Waals surface area contributed by atoms with Crippen molar-refractivity contribution in [1.82, 2.24) is 5.01 Å². The molecule has 0 unspecified atom stereocenters. The number of benzene rings is 2. The summed E-state index contributed by atoms with van der Waals surface area (Å²) in [5.74, 6) is -0.828. The third kappa shape index (κ3) is 5.35. The van der Waals surface area contributed by atoms with Crippen molar-refractivity contribution >= 4 is 69.5 Å². The Morgan fingerprint density at radius 3 is 2.38 bits per heavy atom. The van der Waals surface area contributed by atoms with Gasteiger partial charge >= 0.3 is 0 Å². The Labute approximate surface area is 194 Å². The summed E-state index contributed by atoms with van der Waals surface area (Å²) in [5.41, 5.74) is 0.310. The summed E-state index contributed by atoms with van der Waals surface area (Å²) in [6.07, 6.45) is 3.98. The number of nitro benzene ring substituents is 2. The Hall–Kier alpha value is -3.61. The molecule has 3 rings (SSSR count). The van der Waals surface area contributed by atoms with Gasteiger partial charge in [-0.15, -0.1) is 0 Å². The molecule has 32 heavy (non-hydrogen) atoms. The van der Waals surface area contributed by atoms with Crippen molar-refractivity contribution in [3.63, 3.8) is 0 Å². The average Bonchev–Trinajstić information content (AvgIpc) is 3.00. The molecule has 0 bridgehead atoms. The molecular formula is C19H11ClN4O6S2. The molecule has 1 heterocycles. The van der Waals surface area contributed by atoms with E-state index in [2.05, 4.69) is 5.10 Å². The number of hydrazone groups is 1. The van der Waals surface area contributed by atoms with E-state index < -0.39 is 15.8 Å². The van der Waals surface area contributed by atoms with Crippen molar-refractivity contribution in [3.8, 4) is 5.75 Å². The highest BCUT2D eigenvalue weighted by Crippen LogP contribution is 2.33. The Kier molecular flexibility index (Phi) is 6.98. The lowest BCUT2D eigenvalue weighted by Crippen LogP contribution is -2.22. The van der Waals surface area contributed by atoms with Gasteiger partial charge in [0, 0.05) is 34.9 Å². The number of non-ortho nitro benzene ring substituents is 2. The molecule has 1 fully saturated rings. The molecule has 2 aromatic carbocycles. The van der Waals surface area contributed by atoms with Gasteiger partial charge < -0.3 is 5.11 Å². The number of halogens is 1. The van der Waals surface area contributed by atoms with E-state index in [-0.39, 0.29) is 36.9 Å². The minimum absolute atomic E-state index is 0.0355. The number of aromatic hydroxyl groups is 1. The summed E-state index contributed by atoms with van der Waals surface area (Å²) in [4.78, 5) is 33.2. The molecule has 1 amide bonds. The number of allylic oxidation sites excluding steroid dienone is 2. The number of hydrogen-bond donors (Lipinski definition) is 1. The molecule has 1 aliphatic rings. The van der Waals surface area contributed by atoms with E-state index in [9.17, 15) is 30.1 Å². The molecule has 1 N–H and O–H groups in total. The fraction of sp³-hybridized carbons (Fsp3) is 0. The van der Waals surface area contributed by atoms with Crippen LogP contribution in [0.2, 0.25) is 0 Å². The summed E-state index contributed by atoms with van der Waals surface area (Å²) < 4.78 is 0.0993. The topological polar surface area (TPSA) is 139 Å². The van der Waals surface area contributed by atoms with Crippen LogP contribution in [0.1, 0.15) is 11.1 Å². The first-order chi connectivity index (χ1) is 15.2. The first kappa shape index (κ1) is 23.1. The molecule has 2 aromatic rings. The number of carbonyl (C=O) groups excluding carboxylic acids is 1. The van der Waals surface area contributed by atoms with Crippen molar-refractivity contribution < 1.29 is 19.7 Å². The summed E-state index contributed by atoms with van der Waals surface area (Å²) >= 11 is 12.3. The van der Waals surface area contributed by atoms with E-state index in [4.69, 9.17) is 23.8 Å². The zero-order valence-corrected chi connectivity index (χ0v) is 18.1. The first-order valence-corrected chi connectivity index (χ1v) is 10.2. The largest absolute Gasteiger partial charge is 0.507 e. The minimum atomic E-state index is -0.627. The maximum absolute atomic E-state index is 12.6. The fourth-order valence-corrected chi connectivity index (χ4v) is 3.92. The van der Waals surface area contributed by atoms with Crippen LogP contribution in [0.15, 0.2) is 63.6 Å². The molecule has 0 atom stereocenters. The second-order valence-corrected chi connectivity index (χ2v) is 8.23. The van der Waals surface area contributed by atoms with Crippen LogP contribution in [0, 0.1) is 20.2 Å². The average molecular weight is 491 g/mol. The number of nitro groups is 2. The van der Waals surface area contributed by atoms with Crippen LogP contribution in [-0.2, 0) is 4.79 Å². The standard InChI is InChI=1S/C19H11ClN4O6S2/c20-13(7-11-1-3-14(4-2-11)23(27)28)9-17-18(26)22(19(31)32-17)21-10-12-8-15(24(29)30)5-6-16(12)25/h1-10,25H/b13-7?,17-9?,21-10+. The lowest BCUT2D eigenvalue weighted by atomic mass is 10.2. The number of rotatable bonds is 6. The van der Waals surface area contributed by atoms with Crippen LogP contribution in [0.4, 0.5) is 11.4 Å². The Balaban J connectivity index is 1.78. The van der Waals surface area contributed by atoms with Crippen LogP contribution < -0.4 is 0 Å². The van der Waals surface area contributed by atoms with E-state index in [0.717, 1.165) is 41.2 Å². The van der Waals surface area contributed by atoms with Crippen molar-refractivity contribution in [2.75, 3.05) is 0 Å². The monoisotopic (exact) mass is 490 g/mol. The normalized spacial score (nSPS) is 15.7. The van der Waals surface area contributed by atoms with Gasteiger partial charge in [0.1, 0.15) is 5.75 Å². The highest BCUT2D eigenvalue weighted by atomic mass is 35.5. The first-order valence-electron chi connectivity index (χ1n) is 8.56. The van der Waals surface area contributed by atoms with E-state index >= 15 is 0 Å². The van der Waals surface area contributed by atoms with Crippen molar-refractivity contribution in [3.05, 3.63) is 89.8 Å². The number of phenols is 1. The number of nitrogens with zero attached hydrogens (tertiary/aromatic N) is 4. The molecule has 1 aliphatic heterocycles. The van der Waals surface area contributed by atoms with Crippen LogP contribution in [-0.4, -0.2) is 36.4 Å². The molecule has 0 aromatic heterocycles. The van der Waals surface area contributed by atoms with E-state index in [1.165, 1.54) is 36.4 Å². The molecule has 10 nitrogen and oxygen atoms in total. The van der Waals surface area contributed by atoms with Gasteiger partial charge in [0.2, 0.25) is 0 Å². The number of amides is 1. The lowest BCUT2D eigenvalue weighted by molar-refractivity contribution is -0.385. The molecule has 0 saturated carbocycles. The Morgan fingerprint density at radius 1 is 1.12 bits per heavy atom. The molecule has 0 spiro atoms. The fourth-order valence-electron chi connectivity index (χ4n) is 2.46. The van der Waals surface area contributed by atoms with Gasteiger partial charge in [-0.2, -0.15) is 10.1 Å². The predicted molar refractivity (Wildman–Crippen MR) is 124 cm³/mol. The van der Waals surface area contributed by atoms with Crippen LogP contribution in [0.5, 0.6) is 5.75 Å². The molecule has 13 heteroatoms. The van der Waals surface area contributed by atoms with E-state index in [0.29, 0.717) is 5.56 Å². The maximum atomic E-state index is 12.6. The summed E-state index contributed by atoms with van der Waals surface area (Å²) in [6, 6.07) is 9.06. The van der Waals surface area contributed by atoms with Crippen LogP contribution in [0.25, 0.3) is 6.08 Å². The summed E-state index contributed by atoms with van der Waals surface area (Å²) in [6.45, 7) is 0. The maximum Gasteiger partial charge on any atom is 0.286 e. The molecular weight excluding hydrogens is 480 g/mol. The Bertz CT molecular complexity index is 1230. The van der Waals surface area contributed by atoms with Crippen molar-refractivity contribution in [2.45, 2.75) is 0 Å². The molecule has 162 valence electrons. The predicted octanol–water partition coefficient (Wildman–Crippen LogP) is 4.57. The van der Waals surface area contributed by atoms with E-state index in [1.54, 1.807) is 0 Å². The quantitative estimate of drug-likeness (QED) is 0.204. The van der Waals surface area contributed by atoms with Gasteiger partial charge in [0.05, 0.1) is 21.0 Å². The van der Waals surface area contributed by atoms with Crippen LogP contribution in [0.3, 0.4) is 0 Å². The molecule has 0 radical (unpaired) electrons. The zero-order valence-electron chi connectivity index (χ0n) is 15.7. The van der Waals surface area contributed by atoms with Crippen molar-refractivity contribution in [1.29, 1.82) is 0 Å². The Morgan fingerprint density at radius 2 is 1.75 bits per heavy atom. The second kappa shape index (κ2) is 9.68. The van der Waals surface area contributed by atoms with Crippen molar-refractivity contribution in [2.24, 2.45) is 5.10 Å². The van der Waals surface area contributed by atoms with Gasteiger partial charge in [0.25, 0.3) is 17.3 Å². The smallest absolute Gasteiger partial charge is 0.286 e. The lowest BCUT2D eigenvalue weighted by Gasteiger charge is -2.06. The SMILES string of the molecule is O=C1C(=CC(Cl)=Cc2ccc([N+](=O)[O-])cc2)SC(=S)N1/N=C/c1cc([N+](=O)[O-])ccc1O. The van der Waals surface area contributed by atoms with Crippen LogP contribution >= 0.6 is 35.6 Å². The van der Waals surface area contributed by atoms with Gasteiger partial charge in [-0.3, -0.25) is 25.0 Å². The third-order valence-corrected chi connectivity index (χ3v) is 5.49. The third-order valence-electron chi connectivity index (χ3n) is 3.99. The number of thiocarbonyl (C=S) groups is 1. The van der Waals surface area contributed by atoms with Gasteiger partial charge in [0.15, 0.2) is 4.32 Å². The number of carbonyl (C=O) groups is 1. The van der Waals surface area contributed by atoms with Gasteiger partial charge in [-0.05, 0) is 48.1 Å². The number of phenolic OH excluding ortho intramolecular Hbond substituents is 1. The number of hydrogen-bond acceptors (Lipinski definition) is 9. The minimum Gasteiger partial charge on any atom is -0.507 e. The second-order valence-electron chi connectivity index (χ2n) is 6.12. The van der Waals surface area contributed by atoms with Gasteiger partial charge in [-0.1, -0.05) is 23.4 Å². The molecule has 1 saturated heterocycles. The highest BCUT2D eigenvalue weighted by Gasteiger charge is 2.32. The zero-order chi connectivity index (χ0) is 23.4. The summed E-state index contributed by atoms with van der Waals surface area (Å²) in [7, 11) is 0. The van der Waals surface area contributed by atoms with Gasteiger partial charge in [-0.25, -0.2) is 0 Å². The highest BCUT2D eigenvalue weighted by molar-refractivity contribution is 8.26.